The van der Waals surface area contributed by atoms with E-state index in [-0.39, 0.29) is 6.04 Å². The minimum absolute atomic E-state index is 0.00814. The Morgan fingerprint density at radius 2 is 2.16 bits per heavy atom. The van der Waals surface area contributed by atoms with Gasteiger partial charge >= 0.3 is 0 Å². The Hall–Kier alpha value is -1.65. The highest BCUT2D eigenvalue weighted by Crippen LogP contribution is 2.24. The van der Waals surface area contributed by atoms with Crippen LogP contribution in [0.25, 0.3) is 0 Å². The van der Waals surface area contributed by atoms with Gasteiger partial charge in [0.2, 0.25) is 0 Å². The van der Waals surface area contributed by atoms with Crippen LogP contribution in [-0.4, -0.2) is 9.78 Å². The van der Waals surface area contributed by atoms with Crippen LogP contribution in [0.3, 0.4) is 0 Å². The number of nitrogens with two attached hydrogens (primary N) is 1. The van der Waals surface area contributed by atoms with Crippen LogP contribution in [0.1, 0.15) is 41.6 Å². The van der Waals surface area contributed by atoms with Gasteiger partial charge in [0.05, 0.1) is 12.2 Å². The van der Waals surface area contributed by atoms with Gasteiger partial charge in [0.25, 0.3) is 0 Å². The highest BCUT2D eigenvalue weighted by atomic mass is 15.3. The fourth-order valence-electron chi connectivity index (χ4n) is 2.40. The van der Waals surface area contributed by atoms with Crippen LogP contribution < -0.4 is 11.3 Å². The van der Waals surface area contributed by atoms with Crippen molar-refractivity contribution in [2.24, 2.45) is 5.84 Å². The minimum atomic E-state index is -0.00814. The van der Waals surface area contributed by atoms with Crippen molar-refractivity contribution in [1.29, 1.82) is 0 Å². The number of hydrogen-bond donors (Lipinski definition) is 2. The summed E-state index contributed by atoms with van der Waals surface area (Å²) in [6.45, 7) is 7.29. The molecular weight excluding hydrogens is 236 g/mol. The maximum atomic E-state index is 5.74. The fraction of sp³-hybridized carbons (Fsp3) is 0.400. The number of aromatic nitrogens is 2. The van der Waals surface area contributed by atoms with Crippen molar-refractivity contribution < 1.29 is 0 Å². The van der Waals surface area contributed by atoms with Crippen LogP contribution in [0, 0.1) is 13.8 Å². The maximum Gasteiger partial charge on any atom is 0.0743 e. The maximum absolute atomic E-state index is 5.74. The van der Waals surface area contributed by atoms with E-state index in [1.807, 2.05) is 10.9 Å². The zero-order chi connectivity index (χ0) is 13.8. The summed E-state index contributed by atoms with van der Waals surface area (Å²) in [7, 11) is 0. The smallest absolute Gasteiger partial charge is 0.0743 e. The molecule has 0 bridgehead atoms. The first-order valence-electron chi connectivity index (χ1n) is 6.71. The van der Waals surface area contributed by atoms with Gasteiger partial charge in [-0.3, -0.25) is 10.5 Å². The molecule has 1 aromatic carbocycles. The molecule has 1 unspecified atom stereocenters. The first-order chi connectivity index (χ1) is 9.15. The monoisotopic (exact) mass is 258 g/mol. The van der Waals surface area contributed by atoms with Crippen molar-refractivity contribution in [1.82, 2.24) is 15.2 Å². The molecule has 1 aromatic heterocycles. The van der Waals surface area contributed by atoms with E-state index in [9.17, 15) is 0 Å². The second-order valence-corrected chi connectivity index (χ2v) is 5.00. The van der Waals surface area contributed by atoms with Crippen LogP contribution in [-0.2, 0) is 6.54 Å². The molecule has 102 valence electrons. The molecule has 0 spiro atoms. The van der Waals surface area contributed by atoms with E-state index in [0.717, 1.165) is 18.5 Å². The lowest BCUT2D eigenvalue weighted by Gasteiger charge is -2.17. The lowest BCUT2D eigenvalue weighted by atomic mass is 9.96. The summed E-state index contributed by atoms with van der Waals surface area (Å²) in [6.07, 6.45) is 5.03. The number of hydrogen-bond acceptors (Lipinski definition) is 3. The molecule has 4 heteroatoms. The number of hydrazine groups is 1. The third-order valence-corrected chi connectivity index (χ3v) is 3.34. The van der Waals surface area contributed by atoms with Crippen molar-refractivity contribution in [2.75, 3.05) is 0 Å². The van der Waals surface area contributed by atoms with Gasteiger partial charge in [0, 0.05) is 18.3 Å². The Bertz CT molecular complexity index is 545. The van der Waals surface area contributed by atoms with E-state index in [1.165, 1.54) is 16.7 Å². The predicted octanol–water partition coefficient (Wildman–Crippen LogP) is 2.46. The molecule has 1 heterocycles. The second-order valence-electron chi connectivity index (χ2n) is 5.00. The summed E-state index contributed by atoms with van der Waals surface area (Å²) in [6, 6.07) is 6.41. The molecule has 2 rings (SSSR count). The molecule has 1 atom stereocenters. The highest BCUT2D eigenvalue weighted by molar-refractivity contribution is 5.37. The zero-order valence-electron chi connectivity index (χ0n) is 11.9. The molecule has 4 nitrogen and oxygen atoms in total. The standard InChI is InChI=1S/C15H22N4/c1-4-7-19-10-13(9-17-19)15(18-16)14-6-5-11(2)8-12(14)3/h5-6,8-10,15,18H,4,7,16H2,1-3H3. The van der Waals surface area contributed by atoms with E-state index in [0.29, 0.717) is 0 Å². The van der Waals surface area contributed by atoms with Gasteiger partial charge in [-0.15, -0.1) is 0 Å². The molecule has 3 N–H and O–H groups in total. The lowest BCUT2D eigenvalue weighted by molar-refractivity contribution is 0.597. The van der Waals surface area contributed by atoms with Gasteiger partial charge in [0.1, 0.15) is 0 Å². The second kappa shape index (κ2) is 5.99. The van der Waals surface area contributed by atoms with Gasteiger partial charge in [-0.05, 0) is 31.4 Å². The molecule has 2 aromatic rings. The normalized spacial score (nSPS) is 12.6. The topological polar surface area (TPSA) is 55.9 Å². The molecule has 0 saturated carbocycles. The molecule has 0 aliphatic heterocycles. The van der Waals surface area contributed by atoms with Crippen molar-refractivity contribution in [3.63, 3.8) is 0 Å². The molecule has 0 radical (unpaired) electrons. The summed E-state index contributed by atoms with van der Waals surface area (Å²) in [5.74, 6) is 5.74. The van der Waals surface area contributed by atoms with Gasteiger partial charge in [-0.25, -0.2) is 5.43 Å². The largest absolute Gasteiger partial charge is 0.272 e. The van der Waals surface area contributed by atoms with Gasteiger partial charge in [-0.2, -0.15) is 5.10 Å². The van der Waals surface area contributed by atoms with Crippen LogP contribution >= 0.6 is 0 Å². The van der Waals surface area contributed by atoms with E-state index in [2.05, 4.69) is 55.7 Å². The summed E-state index contributed by atoms with van der Waals surface area (Å²) in [4.78, 5) is 0. The number of benzene rings is 1. The Labute approximate surface area is 114 Å². The van der Waals surface area contributed by atoms with Crippen LogP contribution in [0.15, 0.2) is 30.6 Å². The SMILES string of the molecule is CCCn1cc(C(NN)c2ccc(C)cc2C)cn1. The van der Waals surface area contributed by atoms with Crippen molar-refractivity contribution in [2.45, 2.75) is 39.8 Å². The summed E-state index contributed by atoms with van der Waals surface area (Å²) in [5.41, 5.74) is 7.70. The number of nitrogens with zero attached hydrogens (tertiary/aromatic N) is 2. The van der Waals surface area contributed by atoms with Gasteiger partial charge in [-0.1, -0.05) is 30.7 Å². The summed E-state index contributed by atoms with van der Waals surface area (Å²) in [5, 5.41) is 4.37. The predicted molar refractivity (Wildman–Crippen MR) is 77.6 cm³/mol. The molecule has 19 heavy (non-hydrogen) atoms. The third kappa shape index (κ3) is 3.03. The highest BCUT2D eigenvalue weighted by Gasteiger charge is 2.16. The molecule has 0 fully saturated rings. The summed E-state index contributed by atoms with van der Waals surface area (Å²) >= 11 is 0. The Morgan fingerprint density at radius 3 is 2.79 bits per heavy atom. The zero-order valence-corrected chi connectivity index (χ0v) is 11.9. The average Bonchev–Trinajstić information content (AvgIpc) is 2.82. The van der Waals surface area contributed by atoms with E-state index in [1.54, 1.807) is 0 Å². The molecule has 0 aliphatic rings. The van der Waals surface area contributed by atoms with Crippen molar-refractivity contribution in [3.05, 3.63) is 52.8 Å². The minimum Gasteiger partial charge on any atom is -0.272 e. The van der Waals surface area contributed by atoms with Crippen LogP contribution in [0.2, 0.25) is 0 Å². The molecule has 0 aliphatic carbocycles. The summed E-state index contributed by atoms with van der Waals surface area (Å²) < 4.78 is 1.96. The third-order valence-electron chi connectivity index (χ3n) is 3.34. The number of aryl methyl sites for hydroxylation is 3. The first kappa shape index (κ1) is 13.8. The Balaban J connectivity index is 2.32. The van der Waals surface area contributed by atoms with E-state index >= 15 is 0 Å². The van der Waals surface area contributed by atoms with E-state index < -0.39 is 0 Å². The quantitative estimate of drug-likeness (QED) is 0.640. The van der Waals surface area contributed by atoms with Crippen LogP contribution in [0.4, 0.5) is 0 Å². The molecule has 0 amide bonds. The Morgan fingerprint density at radius 1 is 1.37 bits per heavy atom. The van der Waals surface area contributed by atoms with Crippen molar-refractivity contribution in [3.8, 4) is 0 Å². The number of nitrogens with one attached hydrogen (secondary N) is 1. The average molecular weight is 258 g/mol. The van der Waals surface area contributed by atoms with Crippen molar-refractivity contribution >= 4 is 0 Å². The Kier molecular flexibility index (Phi) is 4.35. The molecule has 0 saturated heterocycles. The first-order valence-corrected chi connectivity index (χ1v) is 6.71. The fourth-order valence-corrected chi connectivity index (χ4v) is 2.40. The number of rotatable bonds is 5. The van der Waals surface area contributed by atoms with Gasteiger partial charge < -0.3 is 0 Å². The molecular formula is C15H22N4. The van der Waals surface area contributed by atoms with E-state index in [4.69, 9.17) is 5.84 Å². The lowest BCUT2D eigenvalue weighted by Crippen LogP contribution is -2.29. The van der Waals surface area contributed by atoms with Gasteiger partial charge in [0.15, 0.2) is 0 Å². The van der Waals surface area contributed by atoms with Crippen LogP contribution in [0.5, 0.6) is 0 Å².